The Kier molecular flexibility index (Phi) is 4.56. The molecule has 20 heavy (non-hydrogen) atoms. The van der Waals surface area contributed by atoms with E-state index < -0.39 is 5.97 Å². The molecule has 2 aromatic rings. The van der Waals surface area contributed by atoms with E-state index in [0.717, 1.165) is 30.3 Å². The Morgan fingerprint density at radius 2 is 2.10 bits per heavy atom. The smallest absolute Gasteiger partial charge is 0.339 e. The van der Waals surface area contributed by atoms with E-state index in [-0.39, 0.29) is 5.56 Å². The number of para-hydroxylation sites is 1. The van der Waals surface area contributed by atoms with Crippen LogP contribution in [0.1, 0.15) is 37.0 Å². The van der Waals surface area contributed by atoms with Crippen LogP contribution in [0.25, 0.3) is 10.9 Å². The number of nitrogens with zero attached hydrogens (tertiary/aromatic N) is 1. The normalized spacial score (nSPS) is 10.9. The van der Waals surface area contributed by atoms with Gasteiger partial charge in [-0.2, -0.15) is 0 Å². The van der Waals surface area contributed by atoms with Crippen molar-refractivity contribution in [1.82, 2.24) is 4.98 Å². The van der Waals surface area contributed by atoms with Gasteiger partial charge >= 0.3 is 5.97 Å². The van der Waals surface area contributed by atoms with E-state index in [9.17, 15) is 9.90 Å². The number of fused-ring (bicyclic) bond motifs is 1. The number of carboxylic acids is 1. The maximum absolute atomic E-state index is 11.3. The number of aromatic nitrogens is 1. The van der Waals surface area contributed by atoms with Gasteiger partial charge in [0.25, 0.3) is 0 Å². The lowest BCUT2D eigenvalue weighted by Crippen LogP contribution is -2.09. The number of nitrogens with one attached hydrogen (secondary N) is 1. The van der Waals surface area contributed by atoms with Gasteiger partial charge in [0.1, 0.15) is 5.56 Å². The van der Waals surface area contributed by atoms with Crippen LogP contribution >= 0.6 is 0 Å². The van der Waals surface area contributed by atoms with Crippen LogP contribution in [-0.4, -0.2) is 22.6 Å². The zero-order valence-electron chi connectivity index (χ0n) is 11.9. The Balaban J connectivity index is 2.28. The molecular formula is C16H20N2O2. The van der Waals surface area contributed by atoms with Crippen LogP contribution in [0.5, 0.6) is 0 Å². The summed E-state index contributed by atoms with van der Waals surface area (Å²) in [5.41, 5.74) is 1.71. The Hall–Kier alpha value is -2.10. The van der Waals surface area contributed by atoms with Gasteiger partial charge in [-0.25, -0.2) is 4.79 Å². The highest BCUT2D eigenvalue weighted by atomic mass is 16.4. The standard InChI is InChI=1S/C16H20N2O2/c1-11(2)6-5-9-17-15-12-7-3-4-8-14(12)18-10-13(15)16(19)20/h3-4,7-8,10-11H,5-6,9H2,1-2H3,(H,17,18)(H,19,20). The fourth-order valence-corrected chi connectivity index (χ4v) is 2.22. The minimum atomic E-state index is -0.949. The number of pyridine rings is 1. The first kappa shape index (κ1) is 14.3. The van der Waals surface area contributed by atoms with Crippen LogP contribution in [0.4, 0.5) is 5.69 Å². The second kappa shape index (κ2) is 6.37. The summed E-state index contributed by atoms with van der Waals surface area (Å²) in [4.78, 5) is 15.5. The lowest BCUT2D eigenvalue weighted by atomic mass is 10.1. The van der Waals surface area contributed by atoms with Crippen LogP contribution in [0.2, 0.25) is 0 Å². The van der Waals surface area contributed by atoms with Crippen molar-refractivity contribution in [3.8, 4) is 0 Å². The quantitative estimate of drug-likeness (QED) is 0.785. The molecule has 0 aliphatic heterocycles. The average Bonchev–Trinajstić information content (AvgIpc) is 2.42. The van der Waals surface area contributed by atoms with Gasteiger partial charge in [0, 0.05) is 18.1 Å². The molecule has 0 radical (unpaired) electrons. The molecule has 106 valence electrons. The molecule has 4 nitrogen and oxygen atoms in total. The van der Waals surface area contributed by atoms with Crippen molar-refractivity contribution >= 4 is 22.6 Å². The molecule has 2 rings (SSSR count). The van der Waals surface area contributed by atoms with Gasteiger partial charge in [-0.05, 0) is 24.8 Å². The first-order chi connectivity index (χ1) is 9.59. The fraction of sp³-hybridized carbons (Fsp3) is 0.375. The van der Waals surface area contributed by atoms with Crippen LogP contribution in [0.3, 0.4) is 0 Å². The average molecular weight is 272 g/mol. The predicted molar refractivity (Wildman–Crippen MR) is 81.3 cm³/mol. The largest absolute Gasteiger partial charge is 0.478 e. The highest BCUT2D eigenvalue weighted by molar-refractivity contribution is 6.04. The second-order valence-corrected chi connectivity index (χ2v) is 5.33. The molecule has 2 N–H and O–H groups in total. The molecule has 1 heterocycles. The third kappa shape index (κ3) is 3.26. The van der Waals surface area contributed by atoms with Crippen molar-refractivity contribution in [2.24, 2.45) is 5.92 Å². The highest BCUT2D eigenvalue weighted by Gasteiger charge is 2.13. The van der Waals surface area contributed by atoms with Gasteiger partial charge in [0.15, 0.2) is 0 Å². The zero-order valence-corrected chi connectivity index (χ0v) is 11.9. The lowest BCUT2D eigenvalue weighted by Gasteiger charge is -2.13. The van der Waals surface area contributed by atoms with E-state index in [1.165, 1.54) is 6.20 Å². The second-order valence-electron chi connectivity index (χ2n) is 5.33. The first-order valence-corrected chi connectivity index (χ1v) is 6.94. The molecule has 1 aromatic carbocycles. The first-order valence-electron chi connectivity index (χ1n) is 6.94. The summed E-state index contributed by atoms with van der Waals surface area (Å²) in [6.45, 7) is 5.14. The summed E-state index contributed by atoms with van der Waals surface area (Å²) < 4.78 is 0. The molecule has 0 fully saturated rings. The Bertz CT molecular complexity index is 608. The van der Waals surface area contributed by atoms with E-state index in [1.807, 2.05) is 24.3 Å². The van der Waals surface area contributed by atoms with Crippen molar-refractivity contribution in [2.75, 3.05) is 11.9 Å². The maximum Gasteiger partial charge on any atom is 0.339 e. The summed E-state index contributed by atoms with van der Waals surface area (Å²) in [6, 6.07) is 7.59. The van der Waals surface area contributed by atoms with Crippen LogP contribution < -0.4 is 5.32 Å². The van der Waals surface area contributed by atoms with Crippen LogP contribution in [-0.2, 0) is 0 Å². The molecule has 0 atom stereocenters. The minimum Gasteiger partial charge on any atom is -0.478 e. The van der Waals surface area contributed by atoms with Gasteiger partial charge < -0.3 is 10.4 Å². The SMILES string of the molecule is CC(C)CCCNc1c(C(=O)O)cnc2ccccc12. The molecule has 0 unspecified atom stereocenters. The van der Waals surface area contributed by atoms with Gasteiger partial charge in [-0.15, -0.1) is 0 Å². The predicted octanol–water partition coefficient (Wildman–Crippen LogP) is 3.78. The van der Waals surface area contributed by atoms with Crippen LogP contribution in [0, 0.1) is 5.92 Å². The molecule has 4 heteroatoms. The summed E-state index contributed by atoms with van der Waals surface area (Å²) in [7, 11) is 0. The Labute approximate surface area is 118 Å². The van der Waals surface area contributed by atoms with Gasteiger partial charge in [-0.1, -0.05) is 32.0 Å². The maximum atomic E-state index is 11.3. The number of aromatic carboxylic acids is 1. The Morgan fingerprint density at radius 3 is 2.80 bits per heavy atom. The molecule has 0 saturated carbocycles. The number of hydrogen-bond donors (Lipinski definition) is 2. The summed E-state index contributed by atoms with van der Waals surface area (Å²) in [5, 5.41) is 13.4. The summed E-state index contributed by atoms with van der Waals surface area (Å²) in [5.74, 6) is -0.292. The van der Waals surface area contributed by atoms with E-state index in [4.69, 9.17) is 0 Å². The van der Waals surface area contributed by atoms with Crippen molar-refractivity contribution in [3.63, 3.8) is 0 Å². The third-order valence-electron chi connectivity index (χ3n) is 3.27. The topological polar surface area (TPSA) is 62.2 Å². The molecule has 0 aliphatic rings. The van der Waals surface area contributed by atoms with E-state index >= 15 is 0 Å². The van der Waals surface area contributed by atoms with Crippen molar-refractivity contribution in [3.05, 3.63) is 36.0 Å². The summed E-state index contributed by atoms with van der Waals surface area (Å²) in [6.07, 6.45) is 3.57. The summed E-state index contributed by atoms with van der Waals surface area (Å²) >= 11 is 0. The van der Waals surface area contributed by atoms with E-state index in [2.05, 4.69) is 24.1 Å². The minimum absolute atomic E-state index is 0.230. The van der Waals surface area contributed by atoms with Gasteiger partial charge in [0.2, 0.25) is 0 Å². The van der Waals surface area contributed by atoms with E-state index in [0.29, 0.717) is 11.6 Å². The van der Waals surface area contributed by atoms with Gasteiger partial charge in [0.05, 0.1) is 11.2 Å². The number of hydrogen-bond acceptors (Lipinski definition) is 3. The molecule has 0 amide bonds. The molecule has 0 saturated heterocycles. The van der Waals surface area contributed by atoms with Crippen molar-refractivity contribution < 1.29 is 9.90 Å². The highest BCUT2D eigenvalue weighted by Crippen LogP contribution is 2.26. The molecular weight excluding hydrogens is 252 g/mol. The molecule has 0 aliphatic carbocycles. The van der Waals surface area contributed by atoms with Crippen LogP contribution in [0.15, 0.2) is 30.5 Å². The van der Waals surface area contributed by atoms with Gasteiger partial charge in [-0.3, -0.25) is 4.98 Å². The molecule has 1 aromatic heterocycles. The van der Waals surface area contributed by atoms with E-state index in [1.54, 1.807) is 0 Å². The monoisotopic (exact) mass is 272 g/mol. The lowest BCUT2D eigenvalue weighted by molar-refractivity contribution is 0.0697. The third-order valence-corrected chi connectivity index (χ3v) is 3.27. The number of anilines is 1. The number of rotatable bonds is 6. The zero-order chi connectivity index (χ0) is 14.5. The molecule has 0 spiro atoms. The molecule has 0 bridgehead atoms. The number of carbonyl (C=O) groups is 1. The van der Waals surface area contributed by atoms with Crippen molar-refractivity contribution in [2.45, 2.75) is 26.7 Å². The number of carboxylic acid groups (broad SMARTS) is 1. The fourth-order valence-electron chi connectivity index (χ4n) is 2.22. The Morgan fingerprint density at radius 1 is 1.35 bits per heavy atom. The number of benzene rings is 1. The van der Waals surface area contributed by atoms with Crippen molar-refractivity contribution in [1.29, 1.82) is 0 Å².